The van der Waals surface area contributed by atoms with Crippen LogP contribution in [0.1, 0.15) is 31.0 Å². The SMILES string of the molecule is Cc1c(C(C)C)n(-c2ccc(F)cc2)c2cc3cn[nH]c3cc12. The van der Waals surface area contributed by atoms with Gasteiger partial charge in [0.25, 0.3) is 0 Å². The first kappa shape index (κ1) is 14.0. The van der Waals surface area contributed by atoms with Gasteiger partial charge in [-0.2, -0.15) is 5.10 Å². The Balaban J connectivity index is 2.14. The number of halogens is 1. The van der Waals surface area contributed by atoms with E-state index >= 15 is 0 Å². The highest BCUT2D eigenvalue weighted by atomic mass is 19.1. The summed E-state index contributed by atoms with van der Waals surface area (Å²) in [6.45, 7) is 6.53. The van der Waals surface area contributed by atoms with E-state index in [1.165, 1.54) is 28.8 Å². The summed E-state index contributed by atoms with van der Waals surface area (Å²) in [4.78, 5) is 0. The Bertz CT molecular complexity index is 1010. The van der Waals surface area contributed by atoms with Crippen molar-refractivity contribution in [2.24, 2.45) is 0 Å². The first-order valence-electron chi connectivity index (χ1n) is 7.80. The summed E-state index contributed by atoms with van der Waals surface area (Å²) >= 11 is 0. The largest absolute Gasteiger partial charge is 0.313 e. The second kappa shape index (κ2) is 4.95. The van der Waals surface area contributed by atoms with Crippen LogP contribution in [0, 0.1) is 12.7 Å². The summed E-state index contributed by atoms with van der Waals surface area (Å²) in [5.41, 5.74) is 5.66. The smallest absolute Gasteiger partial charge is 0.123 e. The van der Waals surface area contributed by atoms with Crippen molar-refractivity contribution in [2.75, 3.05) is 0 Å². The van der Waals surface area contributed by atoms with Crippen LogP contribution in [0.3, 0.4) is 0 Å². The Morgan fingerprint density at radius 1 is 1.13 bits per heavy atom. The van der Waals surface area contributed by atoms with Gasteiger partial charge in [-0.1, -0.05) is 13.8 Å². The summed E-state index contributed by atoms with van der Waals surface area (Å²) in [6.07, 6.45) is 1.83. The molecule has 4 rings (SSSR count). The molecule has 0 aliphatic heterocycles. The van der Waals surface area contributed by atoms with E-state index < -0.39 is 0 Å². The van der Waals surface area contributed by atoms with E-state index in [0.29, 0.717) is 5.92 Å². The number of rotatable bonds is 2. The van der Waals surface area contributed by atoms with E-state index in [9.17, 15) is 4.39 Å². The number of benzene rings is 2. The molecule has 0 saturated heterocycles. The predicted molar refractivity (Wildman–Crippen MR) is 91.7 cm³/mol. The molecule has 0 unspecified atom stereocenters. The quantitative estimate of drug-likeness (QED) is 0.550. The van der Waals surface area contributed by atoms with E-state index in [1.54, 1.807) is 0 Å². The van der Waals surface area contributed by atoms with Gasteiger partial charge in [-0.25, -0.2) is 4.39 Å². The highest BCUT2D eigenvalue weighted by molar-refractivity contribution is 5.98. The third kappa shape index (κ3) is 2.05. The van der Waals surface area contributed by atoms with Gasteiger partial charge in [-0.05, 0) is 54.8 Å². The minimum absolute atomic E-state index is 0.217. The number of aromatic nitrogens is 3. The van der Waals surface area contributed by atoms with E-state index in [0.717, 1.165) is 22.1 Å². The second-order valence-electron chi connectivity index (χ2n) is 6.30. The summed E-state index contributed by atoms with van der Waals surface area (Å²) in [5.74, 6) is 0.147. The first-order chi connectivity index (χ1) is 11.1. The average Bonchev–Trinajstić information content (AvgIpc) is 3.09. The molecule has 0 radical (unpaired) electrons. The van der Waals surface area contributed by atoms with Crippen molar-refractivity contribution in [3.8, 4) is 5.69 Å². The van der Waals surface area contributed by atoms with Crippen molar-refractivity contribution in [3.05, 3.63) is 59.7 Å². The van der Waals surface area contributed by atoms with Crippen LogP contribution in [0.2, 0.25) is 0 Å². The Morgan fingerprint density at radius 3 is 2.57 bits per heavy atom. The van der Waals surface area contributed by atoms with Crippen LogP contribution in [-0.2, 0) is 0 Å². The molecule has 0 saturated carbocycles. The van der Waals surface area contributed by atoms with Gasteiger partial charge in [0.1, 0.15) is 5.82 Å². The van der Waals surface area contributed by atoms with Crippen LogP contribution in [0.5, 0.6) is 0 Å². The maximum Gasteiger partial charge on any atom is 0.123 e. The maximum absolute atomic E-state index is 13.3. The van der Waals surface area contributed by atoms with Gasteiger partial charge in [0, 0.05) is 22.2 Å². The summed E-state index contributed by atoms with van der Waals surface area (Å²) in [7, 11) is 0. The van der Waals surface area contributed by atoms with Crippen LogP contribution in [-0.4, -0.2) is 14.8 Å². The summed E-state index contributed by atoms with van der Waals surface area (Å²) < 4.78 is 15.6. The van der Waals surface area contributed by atoms with Crippen LogP contribution in [0.15, 0.2) is 42.6 Å². The lowest BCUT2D eigenvalue weighted by molar-refractivity contribution is 0.627. The molecule has 116 valence electrons. The van der Waals surface area contributed by atoms with Crippen molar-refractivity contribution in [1.82, 2.24) is 14.8 Å². The molecule has 4 heteroatoms. The fraction of sp³-hybridized carbons (Fsp3) is 0.211. The zero-order valence-electron chi connectivity index (χ0n) is 13.4. The van der Waals surface area contributed by atoms with Crippen molar-refractivity contribution in [2.45, 2.75) is 26.7 Å². The van der Waals surface area contributed by atoms with E-state index in [2.05, 4.69) is 47.7 Å². The number of nitrogens with zero attached hydrogens (tertiary/aromatic N) is 2. The fourth-order valence-corrected chi connectivity index (χ4v) is 3.46. The molecule has 0 bridgehead atoms. The van der Waals surface area contributed by atoms with Crippen LogP contribution in [0.25, 0.3) is 27.5 Å². The molecule has 4 aromatic rings. The summed E-state index contributed by atoms with van der Waals surface area (Å²) in [5, 5.41) is 9.44. The van der Waals surface area contributed by atoms with Crippen molar-refractivity contribution >= 4 is 21.8 Å². The van der Waals surface area contributed by atoms with Gasteiger partial charge >= 0.3 is 0 Å². The number of H-pyrrole nitrogens is 1. The summed E-state index contributed by atoms with van der Waals surface area (Å²) in [6, 6.07) is 11.0. The van der Waals surface area contributed by atoms with Crippen LogP contribution >= 0.6 is 0 Å². The van der Waals surface area contributed by atoms with Crippen LogP contribution < -0.4 is 0 Å². The number of nitrogens with one attached hydrogen (secondary N) is 1. The highest BCUT2D eigenvalue weighted by Crippen LogP contribution is 2.35. The number of aromatic amines is 1. The monoisotopic (exact) mass is 307 g/mol. The second-order valence-corrected chi connectivity index (χ2v) is 6.30. The van der Waals surface area contributed by atoms with Gasteiger partial charge in [0.2, 0.25) is 0 Å². The Labute approximate surface area is 133 Å². The van der Waals surface area contributed by atoms with Gasteiger partial charge in [-0.3, -0.25) is 5.10 Å². The maximum atomic E-state index is 13.3. The lowest BCUT2D eigenvalue weighted by Crippen LogP contribution is -2.03. The van der Waals surface area contributed by atoms with Gasteiger partial charge in [0.05, 0.1) is 17.2 Å². The van der Waals surface area contributed by atoms with E-state index in [-0.39, 0.29) is 5.82 Å². The molecule has 0 spiro atoms. The van der Waals surface area contributed by atoms with Gasteiger partial charge < -0.3 is 4.57 Å². The average molecular weight is 307 g/mol. The minimum Gasteiger partial charge on any atom is -0.313 e. The fourth-order valence-electron chi connectivity index (χ4n) is 3.46. The van der Waals surface area contributed by atoms with Crippen molar-refractivity contribution in [1.29, 1.82) is 0 Å². The van der Waals surface area contributed by atoms with Crippen LogP contribution in [0.4, 0.5) is 4.39 Å². The number of hydrogen-bond donors (Lipinski definition) is 1. The Kier molecular flexibility index (Phi) is 3.01. The molecule has 2 aromatic carbocycles. The van der Waals surface area contributed by atoms with Gasteiger partial charge in [-0.15, -0.1) is 0 Å². The lowest BCUT2D eigenvalue weighted by Gasteiger charge is -2.14. The Hall–Kier alpha value is -2.62. The Morgan fingerprint density at radius 2 is 1.87 bits per heavy atom. The molecular formula is C19H18FN3. The molecule has 0 atom stereocenters. The minimum atomic E-state index is -0.217. The zero-order chi connectivity index (χ0) is 16.1. The molecule has 0 fully saturated rings. The molecule has 1 N–H and O–H groups in total. The number of fused-ring (bicyclic) bond motifs is 2. The van der Waals surface area contributed by atoms with E-state index in [1.807, 2.05) is 18.3 Å². The lowest BCUT2D eigenvalue weighted by atomic mass is 10.0. The van der Waals surface area contributed by atoms with Crippen molar-refractivity contribution < 1.29 is 4.39 Å². The molecule has 0 aliphatic carbocycles. The predicted octanol–water partition coefficient (Wildman–Crippen LogP) is 5.08. The standard InChI is InChI=1S/C19H18FN3/c1-11(2)19-12(3)16-9-17-13(10-21-22-17)8-18(16)23(19)15-6-4-14(20)5-7-15/h4-11H,1-3H3,(H,21,22). The van der Waals surface area contributed by atoms with Gasteiger partial charge in [0.15, 0.2) is 0 Å². The van der Waals surface area contributed by atoms with Crippen molar-refractivity contribution in [3.63, 3.8) is 0 Å². The van der Waals surface area contributed by atoms with E-state index in [4.69, 9.17) is 0 Å². The third-order valence-corrected chi connectivity index (χ3v) is 4.46. The number of hydrogen-bond acceptors (Lipinski definition) is 1. The molecule has 3 nitrogen and oxygen atoms in total. The third-order valence-electron chi connectivity index (χ3n) is 4.46. The normalized spacial score (nSPS) is 11.9. The molecule has 0 amide bonds. The molecule has 2 heterocycles. The molecule has 23 heavy (non-hydrogen) atoms. The molecular weight excluding hydrogens is 289 g/mol. The topological polar surface area (TPSA) is 33.6 Å². The number of aryl methyl sites for hydroxylation is 1. The first-order valence-corrected chi connectivity index (χ1v) is 7.80. The zero-order valence-corrected chi connectivity index (χ0v) is 13.4. The molecule has 2 aromatic heterocycles. The highest BCUT2D eigenvalue weighted by Gasteiger charge is 2.19. The molecule has 0 aliphatic rings.